The van der Waals surface area contributed by atoms with Crippen molar-refractivity contribution in [1.82, 2.24) is 4.90 Å². The minimum atomic E-state index is -3.59. The average molecular weight is 386 g/mol. The molecule has 1 aromatic heterocycles. The van der Waals surface area contributed by atoms with Gasteiger partial charge in [-0.3, -0.25) is 4.72 Å². The highest BCUT2D eigenvalue weighted by Crippen LogP contribution is 2.32. The Labute approximate surface area is 151 Å². The van der Waals surface area contributed by atoms with Crippen molar-refractivity contribution in [3.63, 3.8) is 0 Å². The first-order valence-electron chi connectivity index (χ1n) is 7.83. The third-order valence-electron chi connectivity index (χ3n) is 4.12. The van der Waals surface area contributed by atoms with Gasteiger partial charge in [0.05, 0.1) is 11.4 Å². The van der Waals surface area contributed by atoms with Crippen LogP contribution in [0.5, 0.6) is 0 Å². The number of likely N-dealkylation sites (N-methyl/N-ethyl adjacent to an activating group) is 1. The zero-order valence-corrected chi connectivity index (χ0v) is 15.8. The monoisotopic (exact) mass is 385 g/mol. The summed E-state index contributed by atoms with van der Waals surface area (Å²) < 4.78 is 28.1. The normalized spacial score (nSPS) is 16.3. The van der Waals surface area contributed by atoms with Gasteiger partial charge in [0.15, 0.2) is 0 Å². The van der Waals surface area contributed by atoms with E-state index < -0.39 is 10.0 Å². The van der Waals surface area contributed by atoms with Crippen LogP contribution in [0.2, 0.25) is 5.02 Å². The molecule has 8 heteroatoms. The molecule has 1 saturated heterocycles. The first-order valence-corrected chi connectivity index (χ1v) is 10.6. The van der Waals surface area contributed by atoms with Crippen LogP contribution in [-0.2, 0) is 10.0 Å². The molecule has 1 aliphatic heterocycles. The Hall–Kier alpha value is -1.28. The van der Waals surface area contributed by atoms with Crippen molar-refractivity contribution in [2.75, 3.05) is 42.3 Å². The minimum absolute atomic E-state index is 0.296. The van der Waals surface area contributed by atoms with E-state index in [-0.39, 0.29) is 0 Å². The Balaban J connectivity index is 1.87. The second kappa shape index (κ2) is 7.31. The third-order valence-corrected chi connectivity index (χ3v) is 7.12. The molecule has 1 fully saturated rings. The molecule has 0 aliphatic carbocycles. The van der Waals surface area contributed by atoms with E-state index in [9.17, 15) is 8.42 Å². The van der Waals surface area contributed by atoms with Gasteiger partial charge in [0.1, 0.15) is 4.21 Å². The van der Waals surface area contributed by atoms with Gasteiger partial charge in [0, 0.05) is 31.2 Å². The summed E-state index contributed by atoms with van der Waals surface area (Å²) in [7, 11) is -3.59. The van der Waals surface area contributed by atoms with Gasteiger partial charge in [-0.25, -0.2) is 8.42 Å². The van der Waals surface area contributed by atoms with Crippen LogP contribution in [0.25, 0.3) is 0 Å². The number of anilines is 2. The molecule has 1 aromatic carbocycles. The second-order valence-electron chi connectivity index (χ2n) is 5.62. The van der Waals surface area contributed by atoms with Gasteiger partial charge in [-0.2, -0.15) is 0 Å². The zero-order chi connectivity index (χ0) is 17.2. The second-order valence-corrected chi connectivity index (χ2v) is 8.91. The Morgan fingerprint density at radius 3 is 2.58 bits per heavy atom. The molecule has 1 N–H and O–H groups in total. The number of thiophene rings is 1. The standard InChI is InChI=1S/C16H20ClN3O2S2/c1-2-19-7-9-20(10-8-19)15-6-5-13(17)12-14(15)18-24(21,22)16-4-3-11-23-16/h3-6,11-12,18H,2,7-10H2,1H3. The molecule has 0 spiro atoms. The molecule has 0 amide bonds. The van der Waals surface area contributed by atoms with Crippen LogP contribution in [0, 0.1) is 0 Å². The average Bonchev–Trinajstić information content (AvgIpc) is 3.10. The molecule has 0 bridgehead atoms. The summed E-state index contributed by atoms with van der Waals surface area (Å²) in [5.41, 5.74) is 1.40. The molecule has 24 heavy (non-hydrogen) atoms. The molecule has 0 saturated carbocycles. The van der Waals surface area contributed by atoms with Crippen molar-refractivity contribution in [3.8, 4) is 0 Å². The maximum absolute atomic E-state index is 12.5. The van der Waals surface area contributed by atoms with Crippen LogP contribution in [0.4, 0.5) is 11.4 Å². The molecule has 5 nitrogen and oxygen atoms in total. The molecular weight excluding hydrogens is 366 g/mol. The third kappa shape index (κ3) is 3.85. The predicted octanol–water partition coefficient (Wildman–Crippen LogP) is 3.34. The highest BCUT2D eigenvalue weighted by molar-refractivity contribution is 7.94. The number of hydrogen-bond acceptors (Lipinski definition) is 5. The van der Waals surface area contributed by atoms with E-state index in [1.165, 1.54) is 11.3 Å². The fraction of sp³-hybridized carbons (Fsp3) is 0.375. The Morgan fingerprint density at radius 2 is 1.96 bits per heavy atom. The van der Waals surface area contributed by atoms with Gasteiger partial charge >= 0.3 is 0 Å². The Kier molecular flexibility index (Phi) is 5.34. The largest absolute Gasteiger partial charge is 0.367 e. The number of hydrogen-bond donors (Lipinski definition) is 1. The lowest BCUT2D eigenvalue weighted by Gasteiger charge is -2.36. The number of nitrogens with one attached hydrogen (secondary N) is 1. The topological polar surface area (TPSA) is 52.6 Å². The van der Waals surface area contributed by atoms with Crippen LogP contribution >= 0.6 is 22.9 Å². The van der Waals surface area contributed by atoms with Crippen LogP contribution < -0.4 is 9.62 Å². The number of nitrogens with zero attached hydrogens (tertiary/aromatic N) is 2. The lowest BCUT2D eigenvalue weighted by Crippen LogP contribution is -2.46. The lowest BCUT2D eigenvalue weighted by atomic mass is 10.2. The molecule has 2 aromatic rings. The lowest BCUT2D eigenvalue weighted by molar-refractivity contribution is 0.271. The van der Waals surface area contributed by atoms with Crippen molar-refractivity contribution >= 4 is 44.3 Å². The summed E-state index contributed by atoms with van der Waals surface area (Å²) in [4.78, 5) is 4.58. The molecule has 3 rings (SSSR count). The van der Waals surface area contributed by atoms with Gasteiger partial charge in [-0.15, -0.1) is 11.3 Å². The fourth-order valence-electron chi connectivity index (χ4n) is 2.78. The summed E-state index contributed by atoms with van der Waals surface area (Å²) in [6, 6.07) is 8.68. The highest BCUT2D eigenvalue weighted by Gasteiger charge is 2.22. The number of benzene rings is 1. The maximum atomic E-state index is 12.5. The quantitative estimate of drug-likeness (QED) is 0.857. The van der Waals surface area contributed by atoms with E-state index in [1.54, 1.807) is 29.6 Å². The van der Waals surface area contributed by atoms with Crippen molar-refractivity contribution < 1.29 is 8.42 Å². The minimum Gasteiger partial charge on any atom is -0.367 e. The summed E-state index contributed by atoms with van der Waals surface area (Å²) in [6.45, 7) is 6.85. The van der Waals surface area contributed by atoms with E-state index >= 15 is 0 Å². The molecule has 2 heterocycles. The molecule has 0 atom stereocenters. The SMILES string of the molecule is CCN1CCN(c2ccc(Cl)cc2NS(=O)(=O)c2cccs2)CC1. The summed E-state index contributed by atoms with van der Waals surface area (Å²) in [5, 5.41) is 2.26. The Morgan fingerprint density at radius 1 is 1.21 bits per heavy atom. The van der Waals surface area contributed by atoms with E-state index in [1.807, 2.05) is 6.07 Å². The summed E-state index contributed by atoms with van der Waals surface area (Å²) >= 11 is 7.29. The van der Waals surface area contributed by atoms with Gasteiger partial charge in [-0.05, 0) is 36.2 Å². The zero-order valence-electron chi connectivity index (χ0n) is 13.4. The van der Waals surface area contributed by atoms with Crippen LogP contribution in [0.1, 0.15) is 6.92 Å². The van der Waals surface area contributed by atoms with Gasteiger partial charge in [-0.1, -0.05) is 24.6 Å². The number of sulfonamides is 1. The molecule has 130 valence electrons. The van der Waals surface area contributed by atoms with E-state index in [4.69, 9.17) is 11.6 Å². The first kappa shape index (κ1) is 17.5. The first-order chi connectivity index (χ1) is 11.5. The number of piperazine rings is 1. The van der Waals surface area contributed by atoms with E-state index in [0.29, 0.717) is 14.9 Å². The van der Waals surface area contributed by atoms with Crippen LogP contribution in [0.3, 0.4) is 0 Å². The van der Waals surface area contributed by atoms with Crippen molar-refractivity contribution in [2.24, 2.45) is 0 Å². The van der Waals surface area contributed by atoms with Gasteiger partial charge < -0.3 is 9.80 Å². The van der Waals surface area contributed by atoms with Gasteiger partial charge in [0.25, 0.3) is 10.0 Å². The summed E-state index contributed by atoms with van der Waals surface area (Å²) in [5.74, 6) is 0. The Bertz CT molecular complexity index is 786. The molecule has 1 aliphatic rings. The molecule has 0 unspecified atom stereocenters. The fourth-order valence-corrected chi connectivity index (χ4v) is 5.01. The highest BCUT2D eigenvalue weighted by atomic mass is 35.5. The van der Waals surface area contributed by atoms with Crippen LogP contribution in [-0.4, -0.2) is 46.0 Å². The van der Waals surface area contributed by atoms with Crippen LogP contribution in [0.15, 0.2) is 39.9 Å². The van der Waals surface area contributed by atoms with E-state index in [2.05, 4.69) is 21.4 Å². The van der Waals surface area contributed by atoms with Crippen molar-refractivity contribution in [2.45, 2.75) is 11.1 Å². The molecular formula is C16H20ClN3O2S2. The van der Waals surface area contributed by atoms with Crippen molar-refractivity contribution in [1.29, 1.82) is 0 Å². The number of halogens is 1. The smallest absolute Gasteiger partial charge is 0.271 e. The summed E-state index contributed by atoms with van der Waals surface area (Å²) in [6.07, 6.45) is 0. The van der Waals surface area contributed by atoms with Gasteiger partial charge in [0.2, 0.25) is 0 Å². The molecule has 0 radical (unpaired) electrons. The predicted molar refractivity (Wildman–Crippen MR) is 101 cm³/mol. The van der Waals surface area contributed by atoms with E-state index in [0.717, 1.165) is 38.4 Å². The maximum Gasteiger partial charge on any atom is 0.271 e. The number of rotatable bonds is 5. The van der Waals surface area contributed by atoms with Crippen molar-refractivity contribution in [3.05, 3.63) is 40.7 Å².